The van der Waals surface area contributed by atoms with Crippen LogP contribution in [0.5, 0.6) is 5.75 Å². The van der Waals surface area contributed by atoms with E-state index in [1.54, 1.807) is 45.9 Å². The number of ether oxygens (including phenoxy) is 1. The number of esters is 1. The van der Waals surface area contributed by atoms with Gasteiger partial charge < -0.3 is 15.2 Å². The van der Waals surface area contributed by atoms with E-state index in [2.05, 4.69) is 5.32 Å². The highest BCUT2D eigenvalue weighted by Gasteiger charge is 2.41. The zero-order valence-corrected chi connectivity index (χ0v) is 20.3. The minimum Gasteiger partial charge on any atom is -0.508 e. The number of nitrogens with one attached hydrogen (secondary N) is 1. The molecular formula is C23H23Cl2NO5S. The van der Waals surface area contributed by atoms with E-state index in [1.165, 1.54) is 24.3 Å². The zero-order valence-electron chi connectivity index (χ0n) is 17.9. The van der Waals surface area contributed by atoms with Crippen LogP contribution in [0.3, 0.4) is 0 Å². The molecule has 0 saturated heterocycles. The van der Waals surface area contributed by atoms with Gasteiger partial charge in [0.25, 0.3) is 0 Å². The van der Waals surface area contributed by atoms with Crippen molar-refractivity contribution < 1.29 is 23.1 Å². The van der Waals surface area contributed by atoms with Crippen molar-refractivity contribution in [1.82, 2.24) is 5.32 Å². The first kappa shape index (κ1) is 24.2. The number of rotatable bonds is 5. The second-order valence-electron chi connectivity index (χ2n) is 7.68. The van der Waals surface area contributed by atoms with Crippen LogP contribution in [0.2, 0.25) is 10.0 Å². The number of carbonyl (C=O) groups excluding carboxylic acids is 1. The van der Waals surface area contributed by atoms with Gasteiger partial charge in [-0.05, 0) is 63.6 Å². The van der Waals surface area contributed by atoms with Crippen molar-refractivity contribution in [3.63, 3.8) is 0 Å². The van der Waals surface area contributed by atoms with Gasteiger partial charge in [0.2, 0.25) is 9.84 Å². The molecule has 6 nitrogen and oxygen atoms in total. The summed E-state index contributed by atoms with van der Waals surface area (Å²) in [5.74, 6) is -1.77. The first-order valence-corrected chi connectivity index (χ1v) is 12.1. The first-order chi connectivity index (χ1) is 14.9. The predicted molar refractivity (Wildman–Crippen MR) is 124 cm³/mol. The Labute approximate surface area is 197 Å². The molecule has 9 heteroatoms. The third-order valence-electron chi connectivity index (χ3n) is 4.99. The maximum absolute atomic E-state index is 13.8. The lowest BCUT2D eigenvalue weighted by Gasteiger charge is -2.32. The highest BCUT2D eigenvalue weighted by molar-refractivity contribution is 7.95. The van der Waals surface area contributed by atoms with Gasteiger partial charge in [-0.15, -0.1) is 0 Å². The molecule has 3 rings (SSSR count). The molecule has 0 bridgehead atoms. The monoisotopic (exact) mass is 495 g/mol. The fourth-order valence-electron chi connectivity index (χ4n) is 3.67. The molecule has 1 heterocycles. The smallest absolute Gasteiger partial charge is 0.337 e. The van der Waals surface area contributed by atoms with Crippen LogP contribution in [0.25, 0.3) is 0 Å². The maximum Gasteiger partial charge on any atom is 0.337 e. The summed E-state index contributed by atoms with van der Waals surface area (Å²) in [5.41, 5.74) is 1.30. The van der Waals surface area contributed by atoms with Crippen molar-refractivity contribution in [2.75, 3.05) is 0 Å². The van der Waals surface area contributed by atoms with Gasteiger partial charge in [0.05, 0.1) is 37.4 Å². The number of benzene rings is 2. The average molecular weight is 496 g/mol. The average Bonchev–Trinajstić information content (AvgIpc) is 2.69. The second kappa shape index (κ2) is 9.17. The van der Waals surface area contributed by atoms with Gasteiger partial charge in [-0.2, -0.15) is 0 Å². The molecule has 0 aromatic heterocycles. The number of phenols is 1. The Hall–Kier alpha value is -2.48. The molecule has 1 aliphatic rings. The molecule has 0 spiro atoms. The summed E-state index contributed by atoms with van der Waals surface area (Å²) >= 11 is 12.7. The summed E-state index contributed by atoms with van der Waals surface area (Å²) in [6, 6.07) is 10.1. The van der Waals surface area contributed by atoms with E-state index in [1.807, 2.05) is 0 Å². The Morgan fingerprint density at radius 3 is 2.28 bits per heavy atom. The van der Waals surface area contributed by atoms with Crippen molar-refractivity contribution >= 4 is 39.0 Å². The van der Waals surface area contributed by atoms with Gasteiger partial charge in [0.1, 0.15) is 5.75 Å². The fourth-order valence-corrected chi connectivity index (χ4v) is 5.85. The minimum absolute atomic E-state index is 0.0364. The van der Waals surface area contributed by atoms with Crippen LogP contribution in [0.1, 0.15) is 39.2 Å². The lowest BCUT2D eigenvalue weighted by Crippen LogP contribution is -2.32. The molecule has 0 saturated carbocycles. The third kappa shape index (κ3) is 4.51. The van der Waals surface area contributed by atoms with Gasteiger partial charge >= 0.3 is 5.97 Å². The molecule has 0 amide bonds. The van der Waals surface area contributed by atoms with Crippen LogP contribution in [-0.2, 0) is 19.4 Å². The number of allylic oxidation sites excluding steroid dienone is 3. The van der Waals surface area contributed by atoms with Crippen molar-refractivity contribution in [1.29, 1.82) is 0 Å². The number of halogens is 2. The number of aromatic hydroxyl groups is 1. The van der Waals surface area contributed by atoms with Crippen LogP contribution in [0, 0.1) is 0 Å². The van der Waals surface area contributed by atoms with Gasteiger partial charge in [-0.3, -0.25) is 0 Å². The van der Waals surface area contributed by atoms with Crippen molar-refractivity contribution in [2.24, 2.45) is 0 Å². The number of dihydropyridines is 1. The van der Waals surface area contributed by atoms with Crippen molar-refractivity contribution in [3.05, 3.63) is 79.9 Å². The second-order valence-corrected chi connectivity index (χ2v) is 10.4. The van der Waals surface area contributed by atoms with Crippen LogP contribution < -0.4 is 5.32 Å². The lowest BCUT2D eigenvalue weighted by atomic mass is 9.86. The molecular weight excluding hydrogens is 473 g/mol. The lowest BCUT2D eigenvalue weighted by molar-refractivity contribution is -0.143. The summed E-state index contributed by atoms with van der Waals surface area (Å²) in [6.07, 6.45) is -0.414. The summed E-state index contributed by atoms with van der Waals surface area (Å²) in [4.78, 5) is 13.0. The van der Waals surface area contributed by atoms with Crippen LogP contribution in [-0.4, -0.2) is 25.6 Å². The summed E-state index contributed by atoms with van der Waals surface area (Å²) in [7, 11) is -4.11. The highest BCUT2D eigenvalue weighted by atomic mass is 35.5. The van der Waals surface area contributed by atoms with E-state index in [0.29, 0.717) is 17.0 Å². The highest BCUT2D eigenvalue weighted by Crippen LogP contribution is 2.46. The third-order valence-corrected chi connectivity index (χ3v) is 7.84. The molecule has 2 aromatic carbocycles. The molecule has 170 valence electrons. The largest absolute Gasteiger partial charge is 0.508 e. The van der Waals surface area contributed by atoms with E-state index >= 15 is 0 Å². The number of sulfone groups is 1. The van der Waals surface area contributed by atoms with E-state index in [-0.39, 0.29) is 31.2 Å². The Morgan fingerprint density at radius 2 is 1.69 bits per heavy atom. The molecule has 1 unspecified atom stereocenters. The van der Waals surface area contributed by atoms with Crippen LogP contribution >= 0.6 is 23.2 Å². The van der Waals surface area contributed by atoms with Crippen LogP contribution in [0.4, 0.5) is 0 Å². The Balaban J connectivity index is 2.31. The number of hydrogen-bond acceptors (Lipinski definition) is 6. The Bertz CT molecular complexity index is 1230. The Kier molecular flexibility index (Phi) is 6.93. The predicted octanol–water partition coefficient (Wildman–Crippen LogP) is 5.32. The minimum atomic E-state index is -4.11. The quantitative estimate of drug-likeness (QED) is 0.545. The fraction of sp³-hybridized carbons (Fsp3) is 0.261. The van der Waals surface area contributed by atoms with E-state index in [9.17, 15) is 18.3 Å². The number of carbonyl (C=O) groups is 1. The van der Waals surface area contributed by atoms with E-state index < -0.39 is 27.8 Å². The van der Waals surface area contributed by atoms with E-state index in [4.69, 9.17) is 27.9 Å². The Morgan fingerprint density at radius 1 is 1.06 bits per heavy atom. The number of phenolic OH excluding ortho intramolecular Hbond substituents is 1. The van der Waals surface area contributed by atoms with Gasteiger partial charge in [-0.1, -0.05) is 35.3 Å². The molecule has 2 N–H and O–H groups in total. The topological polar surface area (TPSA) is 92.7 Å². The van der Waals surface area contributed by atoms with Gasteiger partial charge in [0.15, 0.2) is 0 Å². The SMILES string of the molecule is CC1=C(C(=O)OC(C)C)C(c2cccc(Cl)c2Cl)C(S(=O)(=O)c2ccc(O)cc2)=C(C)N1. The maximum atomic E-state index is 13.8. The molecule has 2 aromatic rings. The summed E-state index contributed by atoms with van der Waals surface area (Å²) in [5, 5.41) is 13.0. The normalized spacial score (nSPS) is 16.9. The molecule has 1 atom stereocenters. The van der Waals surface area contributed by atoms with E-state index in [0.717, 1.165) is 0 Å². The van der Waals surface area contributed by atoms with Gasteiger partial charge in [0, 0.05) is 11.4 Å². The van der Waals surface area contributed by atoms with Crippen molar-refractivity contribution in [3.8, 4) is 5.75 Å². The summed E-state index contributed by atoms with van der Waals surface area (Å²) < 4.78 is 32.9. The van der Waals surface area contributed by atoms with Gasteiger partial charge in [-0.25, -0.2) is 13.2 Å². The zero-order chi connectivity index (χ0) is 23.8. The van der Waals surface area contributed by atoms with Crippen LogP contribution in [0.15, 0.2) is 69.2 Å². The summed E-state index contributed by atoms with van der Waals surface area (Å²) in [6.45, 7) is 6.71. The number of hydrogen-bond donors (Lipinski definition) is 2. The molecule has 0 radical (unpaired) electrons. The van der Waals surface area contributed by atoms with Crippen molar-refractivity contribution in [2.45, 2.75) is 44.6 Å². The first-order valence-electron chi connectivity index (χ1n) is 9.82. The molecule has 1 aliphatic heterocycles. The molecule has 0 aliphatic carbocycles. The standard InChI is InChI=1S/C23H23Cl2NO5S/c1-12(2)31-23(28)19-13(3)26-14(4)22(20(19)17-6-5-7-18(24)21(17)25)32(29,30)16-10-8-15(27)9-11-16/h5-12,20,26-27H,1-4H3. The molecule has 32 heavy (non-hydrogen) atoms. The molecule has 0 fully saturated rings.